The fraction of sp³-hybridized carbons (Fsp3) is 0.350. The van der Waals surface area contributed by atoms with Crippen LogP contribution in [0.3, 0.4) is 0 Å². The quantitative estimate of drug-likeness (QED) is 0.644. The second kappa shape index (κ2) is 8.53. The number of amides is 1. The Labute approximate surface area is 167 Å². The highest BCUT2D eigenvalue weighted by Gasteiger charge is 2.22. The van der Waals surface area contributed by atoms with E-state index in [2.05, 4.69) is 15.0 Å². The monoisotopic (exact) mass is 397 g/mol. The van der Waals surface area contributed by atoms with Gasteiger partial charge in [-0.3, -0.25) is 9.69 Å². The summed E-state index contributed by atoms with van der Waals surface area (Å²) in [4.78, 5) is 22.3. The molecule has 146 valence electrons. The normalized spacial score (nSPS) is 15.1. The predicted molar refractivity (Wildman–Crippen MR) is 109 cm³/mol. The van der Waals surface area contributed by atoms with E-state index in [0.29, 0.717) is 23.0 Å². The van der Waals surface area contributed by atoms with Crippen molar-refractivity contribution < 1.29 is 9.32 Å². The average Bonchev–Trinajstić information content (AvgIpc) is 3.40. The molecule has 1 saturated heterocycles. The summed E-state index contributed by atoms with van der Waals surface area (Å²) in [6.07, 6.45) is 1.72. The third-order valence-electron chi connectivity index (χ3n) is 4.89. The molecule has 2 aromatic heterocycles. The van der Waals surface area contributed by atoms with Gasteiger partial charge in [-0.1, -0.05) is 11.2 Å². The lowest BCUT2D eigenvalue weighted by molar-refractivity contribution is 0.0635. The Balaban J connectivity index is 1.21. The van der Waals surface area contributed by atoms with Crippen LogP contribution >= 0.6 is 11.3 Å². The minimum Gasteiger partial charge on any atom is -0.399 e. The molecule has 1 aliphatic rings. The zero-order chi connectivity index (χ0) is 19.3. The van der Waals surface area contributed by atoms with E-state index in [4.69, 9.17) is 10.3 Å². The van der Waals surface area contributed by atoms with Crippen molar-refractivity contribution in [2.75, 3.05) is 38.5 Å². The van der Waals surface area contributed by atoms with Gasteiger partial charge >= 0.3 is 0 Å². The van der Waals surface area contributed by atoms with E-state index in [-0.39, 0.29) is 5.91 Å². The molecule has 0 saturated carbocycles. The maximum Gasteiger partial charge on any atom is 0.253 e. The van der Waals surface area contributed by atoms with Crippen LogP contribution < -0.4 is 5.73 Å². The summed E-state index contributed by atoms with van der Waals surface area (Å²) < 4.78 is 5.35. The summed E-state index contributed by atoms with van der Waals surface area (Å²) in [5.74, 6) is 1.42. The zero-order valence-corrected chi connectivity index (χ0v) is 16.4. The van der Waals surface area contributed by atoms with Crippen molar-refractivity contribution in [1.29, 1.82) is 0 Å². The Kier molecular flexibility index (Phi) is 5.68. The van der Waals surface area contributed by atoms with Crippen LogP contribution in [0.1, 0.15) is 22.7 Å². The zero-order valence-electron chi connectivity index (χ0n) is 15.6. The largest absolute Gasteiger partial charge is 0.399 e. The number of aryl methyl sites for hydroxylation is 1. The molecule has 1 aromatic carbocycles. The number of piperazine rings is 1. The summed E-state index contributed by atoms with van der Waals surface area (Å²) in [6.45, 7) is 4.20. The lowest BCUT2D eigenvalue weighted by atomic mass is 10.1. The maximum atomic E-state index is 12.6. The first kappa shape index (κ1) is 18.6. The van der Waals surface area contributed by atoms with Gasteiger partial charge in [0, 0.05) is 43.9 Å². The lowest BCUT2D eigenvalue weighted by Crippen LogP contribution is -2.48. The maximum absolute atomic E-state index is 12.6. The van der Waals surface area contributed by atoms with Crippen LogP contribution in [0.15, 0.2) is 46.3 Å². The van der Waals surface area contributed by atoms with Crippen molar-refractivity contribution in [3.8, 4) is 10.7 Å². The van der Waals surface area contributed by atoms with Gasteiger partial charge in [-0.25, -0.2) is 0 Å². The smallest absolute Gasteiger partial charge is 0.253 e. The number of hydrogen-bond donors (Lipinski definition) is 1. The number of aromatic nitrogens is 2. The predicted octanol–water partition coefficient (Wildman–Crippen LogP) is 2.77. The highest BCUT2D eigenvalue weighted by atomic mass is 32.1. The van der Waals surface area contributed by atoms with E-state index in [1.807, 2.05) is 22.4 Å². The number of rotatable bonds is 6. The van der Waals surface area contributed by atoms with Gasteiger partial charge in [0.25, 0.3) is 5.91 Å². The van der Waals surface area contributed by atoms with E-state index in [1.165, 1.54) is 0 Å². The third-order valence-corrected chi connectivity index (χ3v) is 5.76. The van der Waals surface area contributed by atoms with Gasteiger partial charge in [0.2, 0.25) is 11.7 Å². The van der Waals surface area contributed by atoms with Crippen LogP contribution in [-0.2, 0) is 6.42 Å². The van der Waals surface area contributed by atoms with Crippen LogP contribution in [0.4, 0.5) is 5.69 Å². The molecule has 0 atom stereocenters. The molecule has 28 heavy (non-hydrogen) atoms. The molecule has 0 bridgehead atoms. The van der Waals surface area contributed by atoms with Crippen molar-refractivity contribution in [1.82, 2.24) is 19.9 Å². The molecule has 2 N–H and O–H groups in total. The van der Waals surface area contributed by atoms with Gasteiger partial charge in [-0.15, -0.1) is 11.3 Å². The van der Waals surface area contributed by atoms with E-state index in [9.17, 15) is 4.79 Å². The third kappa shape index (κ3) is 4.40. The lowest BCUT2D eigenvalue weighted by Gasteiger charge is -2.34. The van der Waals surface area contributed by atoms with Gasteiger partial charge < -0.3 is 15.2 Å². The van der Waals surface area contributed by atoms with Crippen molar-refractivity contribution >= 4 is 22.9 Å². The molecule has 7 nitrogen and oxygen atoms in total. The Morgan fingerprint density at radius 2 is 1.93 bits per heavy atom. The Hall–Kier alpha value is -2.71. The number of carbonyl (C=O) groups is 1. The summed E-state index contributed by atoms with van der Waals surface area (Å²) in [7, 11) is 0. The minimum absolute atomic E-state index is 0.0756. The fourth-order valence-corrected chi connectivity index (χ4v) is 3.95. The van der Waals surface area contributed by atoms with Crippen LogP contribution in [0.25, 0.3) is 10.7 Å². The molecule has 0 spiro atoms. The Morgan fingerprint density at radius 3 is 2.64 bits per heavy atom. The van der Waals surface area contributed by atoms with Crippen LogP contribution in [0, 0.1) is 0 Å². The number of thiophene rings is 1. The molecule has 1 amide bonds. The van der Waals surface area contributed by atoms with Gasteiger partial charge in [-0.05, 0) is 48.7 Å². The van der Waals surface area contributed by atoms with Crippen LogP contribution in [0.5, 0.6) is 0 Å². The van der Waals surface area contributed by atoms with E-state index < -0.39 is 0 Å². The first-order chi connectivity index (χ1) is 13.7. The number of nitrogens with zero attached hydrogens (tertiary/aromatic N) is 4. The summed E-state index contributed by atoms with van der Waals surface area (Å²) in [5, 5.41) is 6.05. The number of benzene rings is 1. The molecule has 0 unspecified atom stereocenters. The molecular formula is C20H23N5O2S. The molecule has 0 aliphatic carbocycles. The van der Waals surface area contributed by atoms with Crippen molar-refractivity contribution in [2.24, 2.45) is 0 Å². The molecule has 1 fully saturated rings. The van der Waals surface area contributed by atoms with Crippen molar-refractivity contribution in [2.45, 2.75) is 12.8 Å². The number of nitrogens with two attached hydrogens (primary N) is 1. The van der Waals surface area contributed by atoms with Crippen LogP contribution in [0.2, 0.25) is 0 Å². The molecule has 1 aliphatic heterocycles. The Morgan fingerprint density at radius 1 is 1.14 bits per heavy atom. The molecule has 8 heteroatoms. The van der Waals surface area contributed by atoms with E-state index in [0.717, 1.165) is 50.4 Å². The summed E-state index contributed by atoms with van der Waals surface area (Å²) in [6, 6.07) is 11.1. The molecular weight excluding hydrogens is 374 g/mol. The highest BCUT2D eigenvalue weighted by molar-refractivity contribution is 7.13. The fourth-order valence-electron chi connectivity index (χ4n) is 3.30. The topological polar surface area (TPSA) is 88.5 Å². The summed E-state index contributed by atoms with van der Waals surface area (Å²) >= 11 is 1.61. The standard InChI is InChI=1S/C20H23N5O2S/c21-16-7-5-15(6-8-16)20(26)25-12-10-24(11-13-25)9-1-4-18-22-19(23-27-18)17-3-2-14-28-17/h2-3,5-8,14H,1,4,9-13,21H2. The van der Waals surface area contributed by atoms with Gasteiger partial charge in [-0.2, -0.15) is 4.98 Å². The van der Waals surface area contributed by atoms with Gasteiger partial charge in [0.05, 0.1) is 4.88 Å². The second-order valence-corrected chi connectivity index (χ2v) is 7.80. The molecule has 3 heterocycles. The second-order valence-electron chi connectivity index (χ2n) is 6.85. The average molecular weight is 398 g/mol. The van der Waals surface area contributed by atoms with Gasteiger partial charge in [0.15, 0.2) is 0 Å². The number of anilines is 1. The molecule has 3 aromatic rings. The molecule has 0 radical (unpaired) electrons. The minimum atomic E-state index is 0.0756. The highest BCUT2D eigenvalue weighted by Crippen LogP contribution is 2.21. The Bertz CT molecular complexity index is 899. The van der Waals surface area contributed by atoms with E-state index >= 15 is 0 Å². The van der Waals surface area contributed by atoms with Crippen molar-refractivity contribution in [3.63, 3.8) is 0 Å². The van der Waals surface area contributed by atoms with E-state index in [1.54, 1.807) is 35.6 Å². The first-order valence-corrected chi connectivity index (χ1v) is 10.3. The van der Waals surface area contributed by atoms with Crippen molar-refractivity contribution in [3.05, 3.63) is 53.2 Å². The molecule has 4 rings (SSSR count). The van der Waals surface area contributed by atoms with Crippen LogP contribution in [-0.4, -0.2) is 58.6 Å². The number of carbonyl (C=O) groups excluding carboxylic acids is 1. The SMILES string of the molecule is Nc1ccc(C(=O)N2CCN(CCCc3nc(-c4cccs4)no3)CC2)cc1. The summed E-state index contributed by atoms with van der Waals surface area (Å²) in [5.41, 5.74) is 7.06. The number of nitrogen functional groups attached to an aromatic ring is 1. The number of hydrogen-bond acceptors (Lipinski definition) is 7. The van der Waals surface area contributed by atoms with Gasteiger partial charge in [0.1, 0.15) is 0 Å². The first-order valence-electron chi connectivity index (χ1n) is 9.43.